The quantitative estimate of drug-likeness (QED) is 0.364. The molecule has 8 heteroatoms. The number of benzene rings is 1. The van der Waals surface area contributed by atoms with Crippen LogP contribution in [0.3, 0.4) is 0 Å². The van der Waals surface area contributed by atoms with Crippen molar-refractivity contribution >= 4 is 17.7 Å². The molecule has 39 heavy (non-hydrogen) atoms. The van der Waals surface area contributed by atoms with E-state index < -0.39 is 11.9 Å². The Kier molecular flexibility index (Phi) is 8.83. The van der Waals surface area contributed by atoms with E-state index in [1.165, 1.54) is 5.56 Å². The molecule has 0 saturated carbocycles. The molecule has 2 atom stereocenters. The van der Waals surface area contributed by atoms with Gasteiger partial charge in [-0.3, -0.25) is 14.6 Å². The van der Waals surface area contributed by atoms with Gasteiger partial charge < -0.3 is 20.6 Å². The number of fused-ring (bicyclic) bond motifs is 1. The molecule has 1 saturated heterocycles. The second kappa shape index (κ2) is 12.8. The van der Waals surface area contributed by atoms with Gasteiger partial charge in [0.05, 0.1) is 11.8 Å². The Morgan fingerprint density at radius 1 is 1.10 bits per heavy atom. The normalized spacial score (nSPS) is 18.0. The third kappa shape index (κ3) is 7.00. The molecule has 4 heterocycles. The number of likely N-dealkylation sites (tertiary alicyclic amines) is 1. The van der Waals surface area contributed by atoms with Gasteiger partial charge in [0, 0.05) is 37.7 Å². The Labute approximate surface area is 229 Å². The summed E-state index contributed by atoms with van der Waals surface area (Å²) in [6.07, 6.45) is 9.40. The summed E-state index contributed by atoms with van der Waals surface area (Å²) in [5, 5.41) is 16.3. The molecule has 1 aromatic carbocycles. The molecule has 0 unspecified atom stereocenters. The van der Waals surface area contributed by atoms with Crippen molar-refractivity contribution in [3.8, 4) is 11.1 Å². The molecule has 204 valence electrons. The third-order valence-electron chi connectivity index (χ3n) is 7.82. The smallest absolute Gasteiger partial charge is 0.312 e. The molecular weight excluding hydrogens is 490 g/mol. The number of aryl methyl sites for hydroxylation is 2. The lowest BCUT2D eigenvalue weighted by molar-refractivity contribution is -0.138. The fraction of sp³-hybridized carbons (Fsp3) is 0.419. The van der Waals surface area contributed by atoms with Crippen LogP contribution in [0.2, 0.25) is 0 Å². The molecule has 5 rings (SSSR count). The lowest BCUT2D eigenvalue weighted by atomic mass is 9.94. The number of amides is 1. The predicted molar refractivity (Wildman–Crippen MR) is 152 cm³/mol. The maximum Gasteiger partial charge on any atom is 0.312 e. The van der Waals surface area contributed by atoms with Crippen LogP contribution in [-0.2, 0) is 22.4 Å². The van der Waals surface area contributed by atoms with E-state index in [2.05, 4.69) is 32.7 Å². The number of nitrogens with one attached hydrogen (secondary N) is 2. The molecule has 2 aliphatic rings. The SMILES string of the molecule is O=C(NC[C@H](C(=O)O)c1cccc(-c2ccncc2)c1)[C@@H]1CCCN(CCCc2ccc3c(n2)NCCC3)C1. The van der Waals surface area contributed by atoms with Crippen LogP contribution in [0.5, 0.6) is 0 Å². The molecule has 0 radical (unpaired) electrons. The first-order valence-electron chi connectivity index (χ1n) is 14.0. The van der Waals surface area contributed by atoms with Gasteiger partial charge in [-0.2, -0.15) is 0 Å². The van der Waals surface area contributed by atoms with E-state index in [0.29, 0.717) is 12.1 Å². The fourth-order valence-electron chi connectivity index (χ4n) is 5.64. The molecule has 2 aromatic heterocycles. The molecule has 3 aromatic rings. The number of hydrogen-bond donors (Lipinski definition) is 3. The number of aromatic nitrogens is 2. The zero-order valence-electron chi connectivity index (χ0n) is 22.3. The number of nitrogens with zero attached hydrogens (tertiary/aromatic N) is 3. The lowest BCUT2D eigenvalue weighted by Gasteiger charge is -2.32. The van der Waals surface area contributed by atoms with Crippen molar-refractivity contribution in [2.75, 3.05) is 38.0 Å². The van der Waals surface area contributed by atoms with E-state index in [4.69, 9.17) is 4.98 Å². The van der Waals surface area contributed by atoms with Crippen LogP contribution in [0.15, 0.2) is 60.9 Å². The lowest BCUT2D eigenvalue weighted by Crippen LogP contribution is -2.44. The number of hydrogen-bond acceptors (Lipinski definition) is 6. The van der Waals surface area contributed by atoms with E-state index in [-0.39, 0.29) is 18.4 Å². The van der Waals surface area contributed by atoms with Crippen molar-refractivity contribution in [1.29, 1.82) is 0 Å². The summed E-state index contributed by atoms with van der Waals surface area (Å²) < 4.78 is 0. The summed E-state index contributed by atoms with van der Waals surface area (Å²) in [6, 6.07) is 15.6. The highest BCUT2D eigenvalue weighted by Crippen LogP contribution is 2.25. The van der Waals surface area contributed by atoms with Gasteiger partial charge in [0.1, 0.15) is 5.82 Å². The zero-order valence-corrected chi connectivity index (χ0v) is 22.3. The largest absolute Gasteiger partial charge is 0.481 e. The average molecular weight is 528 g/mol. The summed E-state index contributed by atoms with van der Waals surface area (Å²) in [5.74, 6) is -0.897. The Hall–Kier alpha value is -3.78. The van der Waals surface area contributed by atoms with Gasteiger partial charge >= 0.3 is 5.97 Å². The molecular formula is C31H37N5O3. The maximum atomic E-state index is 13.1. The van der Waals surface area contributed by atoms with Crippen molar-refractivity contribution in [3.05, 3.63) is 77.7 Å². The van der Waals surface area contributed by atoms with Crippen LogP contribution in [0.25, 0.3) is 11.1 Å². The molecule has 8 nitrogen and oxygen atoms in total. The minimum Gasteiger partial charge on any atom is -0.481 e. The van der Waals surface area contributed by atoms with Gasteiger partial charge in [-0.05, 0) is 92.1 Å². The number of rotatable bonds is 10. The summed E-state index contributed by atoms with van der Waals surface area (Å²) in [6.45, 7) is 3.69. The second-order valence-corrected chi connectivity index (χ2v) is 10.6. The van der Waals surface area contributed by atoms with E-state index in [1.807, 2.05) is 36.4 Å². The van der Waals surface area contributed by atoms with Gasteiger partial charge in [0.2, 0.25) is 5.91 Å². The molecule has 2 aliphatic heterocycles. The number of pyridine rings is 2. The first kappa shape index (κ1) is 26.8. The maximum absolute atomic E-state index is 13.1. The van der Waals surface area contributed by atoms with Gasteiger partial charge in [-0.25, -0.2) is 4.98 Å². The fourth-order valence-corrected chi connectivity index (χ4v) is 5.64. The van der Waals surface area contributed by atoms with Crippen molar-refractivity contribution in [3.63, 3.8) is 0 Å². The van der Waals surface area contributed by atoms with Crippen LogP contribution < -0.4 is 10.6 Å². The monoisotopic (exact) mass is 527 g/mol. The summed E-state index contributed by atoms with van der Waals surface area (Å²) in [5.41, 5.74) is 5.00. The number of carbonyl (C=O) groups excluding carboxylic acids is 1. The Balaban J connectivity index is 1.12. The Morgan fingerprint density at radius 2 is 1.97 bits per heavy atom. The van der Waals surface area contributed by atoms with Crippen molar-refractivity contribution < 1.29 is 14.7 Å². The van der Waals surface area contributed by atoms with Gasteiger partial charge in [-0.1, -0.05) is 30.3 Å². The van der Waals surface area contributed by atoms with Crippen LogP contribution >= 0.6 is 0 Å². The Bertz CT molecular complexity index is 1280. The first-order chi connectivity index (χ1) is 19.1. The number of carboxylic acid groups (broad SMARTS) is 1. The van der Waals surface area contributed by atoms with E-state index >= 15 is 0 Å². The molecule has 1 fully saturated rings. The van der Waals surface area contributed by atoms with Gasteiger partial charge in [0.25, 0.3) is 0 Å². The molecule has 0 spiro atoms. The Morgan fingerprint density at radius 3 is 2.82 bits per heavy atom. The number of carboxylic acids is 1. The molecule has 3 N–H and O–H groups in total. The highest BCUT2D eigenvalue weighted by atomic mass is 16.4. The summed E-state index contributed by atoms with van der Waals surface area (Å²) >= 11 is 0. The van der Waals surface area contributed by atoms with Crippen molar-refractivity contribution in [2.24, 2.45) is 5.92 Å². The van der Waals surface area contributed by atoms with Crippen molar-refractivity contribution in [2.45, 2.75) is 44.4 Å². The molecule has 0 aliphatic carbocycles. The summed E-state index contributed by atoms with van der Waals surface area (Å²) in [7, 11) is 0. The van der Waals surface area contributed by atoms with Crippen LogP contribution in [0.1, 0.15) is 48.4 Å². The minimum absolute atomic E-state index is 0.0568. The standard InChI is InChI=1S/C31H37N5O3/c37-30(34-20-28(31(38)39)25-6-1-5-24(19-25)22-12-15-32-16-13-22)26-8-3-17-36(21-26)18-4-9-27-11-10-23-7-2-14-33-29(23)35-27/h1,5-6,10-13,15-16,19,26,28H,2-4,7-9,14,17-18,20-21H2,(H,33,35)(H,34,37)(H,38,39)/t26-,28+/m1/s1. The highest BCUT2D eigenvalue weighted by Gasteiger charge is 2.28. The second-order valence-electron chi connectivity index (χ2n) is 10.6. The topological polar surface area (TPSA) is 107 Å². The predicted octanol–water partition coefficient (Wildman–Crippen LogP) is 4.13. The minimum atomic E-state index is -0.946. The van der Waals surface area contributed by atoms with Crippen LogP contribution in [0, 0.1) is 5.92 Å². The van der Waals surface area contributed by atoms with Gasteiger partial charge in [0.15, 0.2) is 0 Å². The van der Waals surface area contributed by atoms with E-state index in [1.54, 1.807) is 12.4 Å². The van der Waals surface area contributed by atoms with Crippen LogP contribution in [0.4, 0.5) is 5.82 Å². The molecule has 0 bridgehead atoms. The number of anilines is 1. The number of piperidine rings is 1. The average Bonchev–Trinajstić information content (AvgIpc) is 2.98. The summed E-state index contributed by atoms with van der Waals surface area (Å²) in [4.78, 5) is 36.4. The zero-order chi connectivity index (χ0) is 27.0. The van der Waals surface area contributed by atoms with Gasteiger partial charge in [-0.15, -0.1) is 0 Å². The number of carbonyl (C=O) groups is 2. The molecule has 1 amide bonds. The van der Waals surface area contributed by atoms with Crippen LogP contribution in [-0.4, -0.2) is 64.6 Å². The van der Waals surface area contributed by atoms with E-state index in [0.717, 1.165) is 80.8 Å². The van der Waals surface area contributed by atoms with E-state index in [9.17, 15) is 14.7 Å². The number of aliphatic carboxylic acids is 1. The third-order valence-corrected chi connectivity index (χ3v) is 7.82. The highest BCUT2D eigenvalue weighted by molar-refractivity contribution is 5.82. The van der Waals surface area contributed by atoms with Crippen molar-refractivity contribution in [1.82, 2.24) is 20.2 Å². The first-order valence-corrected chi connectivity index (χ1v) is 14.0.